The van der Waals surface area contributed by atoms with Crippen LogP contribution in [-0.2, 0) is 0 Å². The molecule has 0 aliphatic heterocycles. The molecule has 2 heteroatoms. The van der Waals surface area contributed by atoms with Gasteiger partial charge >= 0.3 is 0 Å². The molecule has 1 aromatic carbocycles. The van der Waals surface area contributed by atoms with Crippen LogP contribution in [0, 0.1) is 3.57 Å². The first-order valence-electron chi connectivity index (χ1n) is 8.75. The Morgan fingerprint density at radius 3 is 1.81 bits per heavy atom. The molecule has 120 valence electrons. The largest absolute Gasteiger partial charge is 0.324 e. The molecule has 0 aliphatic carbocycles. The topological polar surface area (TPSA) is 26.0 Å². The fourth-order valence-corrected chi connectivity index (χ4v) is 3.09. The lowest BCUT2D eigenvalue weighted by Crippen LogP contribution is -2.09. The van der Waals surface area contributed by atoms with Gasteiger partial charge in [-0.1, -0.05) is 83.3 Å². The second-order valence-electron chi connectivity index (χ2n) is 6.13. The van der Waals surface area contributed by atoms with Crippen LogP contribution in [0.5, 0.6) is 0 Å². The summed E-state index contributed by atoms with van der Waals surface area (Å²) in [5.41, 5.74) is 7.54. The number of benzene rings is 1. The summed E-state index contributed by atoms with van der Waals surface area (Å²) >= 11 is 2.34. The molecule has 0 saturated carbocycles. The van der Waals surface area contributed by atoms with E-state index in [1.54, 1.807) is 0 Å². The van der Waals surface area contributed by atoms with E-state index in [4.69, 9.17) is 5.73 Å². The van der Waals surface area contributed by atoms with Gasteiger partial charge in [0.15, 0.2) is 0 Å². The summed E-state index contributed by atoms with van der Waals surface area (Å²) in [5, 5.41) is 0. The van der Waals surface area contributed by atoms with Gasteiger partial charge in [-0.25, -0.2) is 0 Å². The zero-order valence-electron chi connectivity index (χ0n) is 13.6. The van der Waals surface area contributed by atoms with Crippen molar-refractivity contribution in [2.24, 2.45) is 5.73 Å². The van der Waals surface area contributed by atoms with Crippen LogP contribution in [0.2, 0.25) is 0 Å². The molecule has 2 N–H and O–H groups in total. The monoisotopic (exact) mass is 401 g/mol. The maximum Gasteiger partial charge on any atom is 0.0294 e. The second kappa shape index (κ2) is 12.5. The molecule has 0 amide bonds. The van der Waals surface area contributed by atoms with Gasteiger partial charge in [-0.2, -0.15) is 0 Å². The van der Waals surface area contributed by atoms with Crippen molar-refractivity contribution in [3.05, 3.63) is 33.4 Å². The van der Waals surface area contributed by atoms with Gasteiger partial charge in [0.1, 0.15) is 0 Å². The Balaban J connectivity index is 1.95. The minimum Gasteiger partial charge on any atom is -0.324 e. The molecule has 1 nitrogen and oxygen atoms in total. The van der Waals surface area contributed by atoms with Crippen molar-refractivity contribution in [2.75, 3.05) is 0 Å². The molecule has 0 spiro atoms. The number of rotatable bonds is 12. The Kier molecular flexibility index (Phi) is 11.2. The summed E-state index contributed by atoms with van der Waals surface area (Å²) in [7, 11) is 0. The van der Waals surface area contributed by atoms with Crippen LogP contribution in [0.4, 0.5) is 0 Å². The molecule has 0 heterocycles. The molecule has 0 fully saturated rings. The average Bonchev–Trinajstić information content (AvgIpc) is 2.49. The van der Waals surface area contributed by atoms with Crippen LogP contribution in [0.25, 0.3) is 0 Å². The van der Waals surface area contributed by atoms with E-state index in [-0.39, 0.29) is 6.04 Å². The Hall–Kier alpha value is -0.0900. The first-order valence-corrected chi connectivity index (χ1v) is 9.83. The van der Waals surface area contributed by atoms with Crippen molar-refractivity contribution < 1.29 is 0 Å². The van der Waals surface area contributed by atoms with Crippen molar-refractivity contribution in [3.8, 4) is 0 Å². The van der Waals surface area contributed by atoms with Gasteiger partial charge in [0.25, 0.3) is 0 Å². The summed E-state index contributed by atoms with van der Waals surface area (Å²) in [6, 6.07) is 8.85. The highest BCUT2D eigenvalue weighted by Crippen LogP contribution is 2.19. The lowest BCUT2D eigenvalue weighted by Gasteiger charge is -2.12. The minimum absolute atomic E-state index is 0.219. The molecule has 21 heavy (non-hydrogen) atoms. The minimum atomic E-state index is 0.219. The molecule has 1 rings (SSSR count). The van der Waals surface area contributed by atoms with Crippen LogP contribution in [-0.4, -0.2) is 0 Å². The Morgan fingerprint density at radius 2 is 1.29 bits per heavy atom. The Bertz CT molecular complexity index is 347. The molecule has 0 aromatic heterocycles. The SMILES string of the molecule is CCCCCCCCCCCCC(N)c1ccc(I)cc1. The molecule has 1 unspecified atom stereocenters. The molecule has 1 aromatic rings. The van der Waals surface area contributed by atoms with E-state index in [2.05, 4.69) is 53.8 Å². The predicted octanol–water partition coefficient (Wildman–Crippen LogP) is 6.60. The zero-order valence-corrected chi connectivity index (χ0v) is 15.8. The smallest absolute Gasteiger partial charge is 0.0294 e. The molecule has 0 bridgehead atoms. The maximum atomic E-state index is 6.25. The van der Waals surface area contributed by atoms with Crippen molar-refractivity contribution >= 4 is 22.6 Å². The quantitative estimate of drug-likeness (QED) is 0.310. The van der Waals surface area contributed by atoms with E-state index in [9.17, 15) is 0 Å². The second-order valence-corrected chi connectivity index (χ2v) is 7.37. The average molecular weight is 401 g/mol. The first-order chi connectivity index (χ1) is 10.2. The third-order valence-electron chi connectivity index (χ3n) is 4.17. The van der Waals surface area contributed by atoms with E-state index < -0.39 is 0 Å². The highest BCUT2D eigenvalue weighted by atomic mass is 127. The fraction of sp³-hybridized carbons (Fsp3) is 0.684. The van der Waals surface area contributed by atoms with Crippen molar-refractivity contribution in [1.82, 2.24) is 0 Å². The van der Waals surface area contributed by atoms with E-state index in [1.165, 1.54) is 73.3 Å². The number of hydrogen-bond acceptors (Lipinski definition) is 1. The summed E-state index contributed by atoms with van der Waals surface area (Å²) in [5.74, 6) is 0. The number of halogens is 1. The summed E-state index contributed by atoms with van der Waals surface area (Å²) in [6.45, 7) is 2.28. The van der Waals surface area contributed by atoms with E-state index in [0.29, 0.717) is 0 Å². The van der Waals surface area contributed by atoms with E-state index >= 15 is 0 Å². The van der Waals surface area contributed by atoms with E-state index in [1.807, 2.05) is 0 Å². The highest BCUT2D eigenvalue weighted by molar-refractivity contribution is 14.1. The lowest BCUT2D eigenvalue weighted by atomic mass is 10.00. The third-order valence-corrected chi connectivity index (χ3v) is 4.89. The standard InChI is InChI=1S/C19H32IN/c1-2-3-4-5-6-7-8-9-10-11-12-19(21)17-13-15-18(20)16-14-17/h13-16,19H,2-12,21H2,1H3. The Morgan fingerprint density at radius 1 is 0.810 bits per heavy atom. The highest BCUT2D eigenvalue weighted by Gasteiger charge is 2.05. The fourth-order valence-electron chi connectivity index (χ4n) is 2.73. The molecule has 1 atom stereocenters. The van der Waals surface area contributed by atoms with Gasteiger partial charge in [0.2, 0.25) is 0 Å². The molecular weight excluding hydrogens is 369 g/mol. The van der Waals surface area contributed by atoms with Crippen LogP contribution in [0.1, 0.15) is 89.2 Å². The van der Waals surface area contributed by atoms with Gasteiger partial charge in [0, 0.05) is 9.61 Å². The normalized spacial score (nSPS) is 12.5. The molecule has 0 radical (unpaired) electrons. The molecular formula is C19H32IN. The van der Waals surface area contributed by atoms with Gasteiger partial charge in [-0.05, 0) is 46.7 Å². The lowest BCUT2D eigenvalue weighted by molar-refractivity contribution is 0.529. The van der Waals surface area contributed by atoms with Crippen LogP contribution in [0.15, 0.2) is 24.3 Å². The predicted molar refractivity (Wildman–Crippen MR) is 103 cm³/mol. The molecule has 0 saturated heterocycles. The van der Waals surface area contributed by atoms with Gasteiger partial charge in [-0.15, -0.1) is 0 Å². The van der Waals surface area contributed by atoms with Gasteiger partial charge in [-0.3, -0.25) is 0 Å². The first kappa shape index (κ1) is 19.0. The summed E-state index contributed by atoms with van der Waals surface area (Å²) in [4.78, 5) is 0. The Labute approximate surface area is 145 Å². The zero-order chi connectivity index (χ0) is 15.3. The number of nitrogens with two attached hydrogens (primary N) is 1. The van der Waals surface area contributed by atoms with E-state index in [0.717, 1.165) is 6.42 Å². The van der Waals surface area contributed by atoms with Crippen molar-refractivity contribution in [1.29, 1.82) is 0 Å². The van der Waals surface area contributed by atoms with Gasteiger partial charge in [0.05, 0.1) is 0 Å². The number of unbranched alkanes of at least 4 members (excludes halogenated alkanes) is 9. The number of hydrogen-bond donors (Lipinski definition) is 1. The van der Waals surface area contributed by atoms with Crippen LogP contribution < -0.4 is 5.73 Å². The van der Waals surface area contributed by atoms with Crippen molar-refractivity contribution in [2.45, 2.75) is 83.6 Å². The summed E-state index contributed by atoms with van der Waals surface area (Å²) in [6.07, 6.45) is 15.0. The van der Waals surface area contributed by atoms with Crippen molar-refractivity contribution in [3.63, 3.8) is 0 Å². The maximum absolute atomic E-state index is 6.25. The molecule has 0 aliphatic rings. The van der Waals surface area contributed by atoms with Gasteiger partial charge < -0.3 is 5.73 Å². The van der Waals surface area contributed by atoms with Crippen LogP contribution >= 0.6 is 22.6 Å². The third kappa shape index (κ3) is 9.51. The van der Waals surface area contributed by atoms with Crippen LogP contribution in [0.3, 0.4) is 0 Å². The summed E-state index contributed by atoms with van der Waals surface area (Å²) < 4.78 is 1.28.